The lowest BCUT2D eigenvalue weighted by Gasteiger charge is -2.38. The molecule has 2 fully saturated rings. The van der Waals surface area contributed by atoms with E-state index >= 15 is 0 Å². The average Bonchev–Trinajstić information content (AvgIpc) is 0.859. The van der Waals surface area contributed by atoms with Gasteiger partial charge in [0.05, 0.1) is 14.2 Å². The second-order valence-electron chi connectivity index (χ2n) is 24.5. The van der Waals surface area contributed by atoms with Crippen LogP contribution in [-0.2, 0) is 10.8 Å². The van der Waals surface area contributed by atoms with Gasteiger partial charge in [0.15, 0.2) is 0 Å². The molecule has 0 amide bonds. The van der Waals surface area contributed by atoms with Gasteiger partial charge in [-0.1, -0.05) is 208 Å². The second-order valence-corrected chi connectivity index (χ2v) is 24.5. The molecule has 0 radical (unpaired) electrons. The first kappa shape index (κ1) is 63.4. The highest BCUT2D eigenvalue weighted by molar-refractivity contribution is 5.83. The molecule has 0 bridgehead atoms. The van der Waals surface area contributed by atoms with Gasteiger partial charge in [0.1, 0.15) is 34.5 Å². The summed E-state index contributed by atoms with van der Waals surface area (Å²) in [6.07, 6.45) is 18.2. The fraction of sp³-hybridized carbons (Fsp3) is 0.163. The lowest BCUT2D eigenvalue weighted by Crippen LogP contribution is -2.30. The summed E-state index contributed by atoms with van der Waals surface area (Å²) in [4.78, 5) is 31.1. The van der Waals surface area contributed by atoms with Crippen LogP contribution in [0.2, 0.25) is 0 Å². The number of carbonyl (C=O) groups excluding carboxylic acids is 2. The van der Waals surface area contributed by atoms with E-state index in [1.165, 1.54) is 35.1 Å². The number of hydrogen-bond acceptors (Lipinski definition) is 10. The van der Waals surface area contributed by atoms with E-state index in [0.717, 1.165) is 119 Å². The lowest BCUT2D eigenvalue weighted by atomic mass is 9.65. The van der Waals surface area contributed by atoms with Crippen molar-refractivity contribution in [2.75, 3.05) is 24.0 Å². The summed E-state index contributed by atoms with van der Waals surface area (Å²) in [5.41, 5.74) is 14.3. The molecular formula is C86H76N2O8. The number of benzene rings is 11. The molecule has 0 unspecified atom stereocenters. The Morgan fingerprint density at radius 3 is 0.938 bits per heavy atom. The molecule has 11 aromatic carbocycles. The molecule has 13 rings (SSSR count). The molecule has 0 spiro atoms. The Morgan fingerprint density at radius 2 is 0.594 bits per heavy atom. The molecule has 2 aliphatic carbocycles. The minimum atomic E-state index is -0.816. The van der Waals surface area contributed by atoms with Gasteiger partial charge in [-0.2, -0.15) is 0 Å². The maximum Gasteiger partial charge on any atom is 0.519 e. The van der Waals surface area contributed by atoms with E-state index in [0.29, 0.717) is 23.0 Å². The number of hydrogen-bond donors (Lipinski definition) is 0. The SMILES string of the molecule is COc1ccc(C2(c3ccc(OC(=O)Oc4cccc(N(c5ccccc5)c5ccc(/C=C/c6ccccc6/C=C/c6ccc(N(c7ccccc7)c7cccc(OC(=O)Oc8ccc(C9(c%10ccc(OC)cc%10)CCCCC9)cc8)c7)cc6)cc5)c4)cc3)CCCCC2)cc1. The monoisotopic (exact) mass is 1260 g/mol. The molecule has 10 nitrogen and oxygen atoms in total. The summed E-state index contributed by atoms with van der Waals surface area (Å²) in [7, 11) is 3.38. The molecule has 2 aliphatic rings. The van der Waals surface area contributed by atoms with Gasteiger partial charge < -0.3 is 38.2 Å². The van der Waals surface area contributed by atoms with Crippen LogP contribution in [0.4, 0.5) is 43.7 Å². The third-order valence-electron chi connectivity index (χ3n) is 18.7. The summed E-state index contributed by atoms with van der Waals surface area (Å²) in [6.45, 7) is 0. The van der Waals surface area contributed by atoms with Crippen molar-refractivity contribution in [1.29, 1.82) is 0 Å². The quantitative estimate of drug-likeness (QED) is 0.0417. The first-order valence-electron chi connectivity index (χ1n) is 33.1. The van der Waals surface area contributed by atoms with Gasteiger partial charge in [0.25, 0.3) is 0 Å². The predicted molar refractivity (Wildman–Crippen MR) is 386 cm³/mol. The van der Waals surface area contributed by atoms with E-state index in [2.05, 4.69) is 180 Å². The van der Waals surface area contributed by atoms with E-state index in [-0.39, 0.29) is 10.8 Å². The number of anilines is 6. The molecule has 0 aromatic heterocycles. The van der Waals surface area contributed by atoms with Crippen molar-refractivity contribution < 1.29 is 38.0 Å². The largest absolute Gasteiger partial charge is 0.519 e. The Labute approximate surface area is 562 Å². The summed E-state index contributed by atoms with van der Waals surface area (Å²) in [5.74, 6) is 3.22. The van der Waals surface area contributed by atoms with Crippen LogP contribution >= 0.6 is 0 Å². The zero-order valence-corrected chi connectivity index (χ0v) is 54.1. The number of ether oxygens (including phenoxy) is 6. The lowest BCUT2D eigenvalue weighted by molar-refractivity contribution is 0.150. The standard InChI is InChI=1S/C86H76N2O8/c1-91-77-49-37-67(38-50-77)85(57-13-5-14-58-85)69-41-53-79(54-42-69)93-83(89)95-81-27-17-25-75(61-81)87(71-21-7-3-8-22-71)73-45-31-63(32-46-73)29-35-65-19-11-12-20-66(65)36-30-64-33-47-74(48-34-64)88(72-23-9-4-10-24-72)76-26-18-28-82(62-76)96-84(90)94-80-55-43-70(44-56-80)86(59-15-6-16-60-86)68-39-51-78(92-2)52-40-68/h3-4,7-12,17-56,61-62H,5-6,13-16,57-60H2,1-2H3/b35-29+,36-30+. The third kappa shape index (κ3) is 14.7. The van der Waals surface area contributed by atoms with E-state index in [1.54, 1.807) is 26.4 Å². The highest BCUT2D eigenvalue weighted by atomic mass is 16.7. The number of methoxy groups -OCH3 is 2. The smallest absolute Gasteiger partial charge is 0.497 e. The van der Waals surface area contributed by atoms with Gasteiger partial charge in [-0.3, -0.25) is 0 Å². The zero-order valence-electron chi connectivity index (χ0n) is 54.1. The van der Waals surface area contributed by atoms with Gasteiger partial charge in [0, 0.05) is 57.1 Å². The molecule has 0 atom stereocenters. The molecule has 0 heterocycles. The Hall–Kier alpha value is -11.4. The van der Waals surface area contributed by atoms with Crippen molar-refractivity contribution in [2.24, 2.45) is 0 Å². The van der Waals surface area contributed by atoms with Crippen LogP contribution in [0, 0.1) is 0 Å². The van der Waals surface area contributed by atoms with Gasteiger partial charge in [-0.25, -0.2) is 9.59 Å². The van der Waals surface area contributed by atoms with Gasteiger partial charge in [-0.15, -0.1) is 0 Å². The maximum absolute atomic E-state index is 13.4. The topological polar surface area (TPSA) is 96.0 Å². The first-order valence-corrected chi connectivity index (χ1v) is 33.1. The van der Waals surface area contributed by atoms with Crippen LogP contribution in [0.1, 0.15) is 109 Å². The molecular weight excluding hydrogens is 1190 g/mol. The molecule has 10 heteroatoms. The van der Waals surface area contributed by atoms with Crippen molar-refractivity contribution in [2.45, 2.75) is 75.0 Å². The highest BCUT2D eigenvalue weighted by Gasteiger charge is 2.37. The van der Waals surface area contributed by atoms with Crippen LogP contribution in [0.25, 0.3) is 24.3 Å². The minimum Gasteiger partial charge on any atom is -0.497 e. The Kier molecular flexibility index (Phi) is 19.6. The molecule has 478 valence electrons. The summed E-state index contributed by atoms with van der Waals surface area (Å²) in [6, 6.07) is 92.9. The van der Waals surface area contributed by atoms with Crippen molar-refractivity contribution in [3.8, 4) is 34.5 Å². The summed E-state index contributed by atoms with van der Waals surface area (Å²) >= 11 is 0. The van der Waals surface area contributed by atoms with Crippen molar-refractivity contribution >= 4 is 70.7 Å². The van der Waals surface area contributed by atoms with Crippen molar-refractivity contribution in [1.82, 2.24) is 0 Å². The number of nitrogens with zero attached hydrogens (tertiary/aromatic N) is 2. The van der Waals surface area contributed by atoms with Crippen LogP contribution in [-0.4, -0.2) is 26.5 Å². The first-order chi connectivity index (χ1) is 47.2. The molecule has 96 heavy (non-hydrogen) atoms. The fourth-order valence-corrected chi connectivity index (χ4v) is 13.8. The van der Waals surface area contributed by atoms with E-state index in [1.807, 2.05) is 121 Å². The second kappa shape index (κ2) is 29.7. The molecule has 0 saturated heterocycles. The Morgan fingerprint density at radius 1 is 0.292 bits per heavy atom. The van der Waals surface area contributed by atoms with E-state index in [4.69, 9.17) is 28.4 Å². The van der Waals surface area contributed by atoms with Gasteiger partial charge in [0.2, 0.25) is 0 Å². The number of carbonyl (C=O) groups is 2. The van der Waals surface area contributed by atoms with Crippen molar-refractivity contribution in [3.05, 3.63) is 324 Å². The average molecular weight is 1270 g/mol. The maximum atomic E-state index is 13.4. The molecule has 0 aliphatic heterocycles. The van der Waals surface area contributed by atoms with Crippen LogP contribution < -0.4 is 38.2 Å². The van der Waals surface area contributed by atoms with Gasteiger partial charge >= 0.3 is 12.3 Å². The molecule has 2 saturated carbocycles. The minimum absolute atomic E-state index is 0.112. The predicted octanol–water partition coefficient (Wildman–Crippen LogP) is 22.6. The summed E-state index contributed by atoms with van der Waals surface area (Å²) in [5, 5.41) is 0. The number of para-hydroxylation sites is 2. The van der Waals surface area contributed by atoms with Crippen LogP contribution in [0.15, 0.2) is 279 Å². The van der Waals surface area contributed by atoms with E-state index < -0.39 is 12.3 Å². The molecule has 0 N–H and O–H groups in total. The summed E-state index contributed by atoms with van der Waals surface area (Å²) < 4.78 is 34.1. The van der Waals surface area contributed by atoms with Crippen LogP contribution in [0.3, 0.4) is 0 Å². The third-order valence-corrected chi connectivity index (χ3v) is 18.7. The normalized spacial score (nSPS) is 14.1. The molecule has 11 aromatic rings. The number of rotatable bonds is 20. The Bertz CT molecular complexity index is 4160. The highest BCUT2D eigenvalue weighted by Crippen LogP contribution is 2.48. The Balaban J connectivity index is 0.653. The van der Waals surface area contributed by atoms with E-state index in [9.17, 15) is 9.59 Å². The van der Waals surface area contributed by atoms with Gasteiger partial charge in [-0.05, 0) is 192 Å². The zero-order chi connectivity index (χ0) is 65.5. The fourth-order valence-electron chi connectivity index (χ4n) is 13.8. The van der Waals surface area contributed by atoms with Crippen molar-refractivity contribution in [3.63, 3.8) is 0 Å². The van der Waals surface area contributed by atoms with Crippen LogP contribution in [0.5, 0.6) is 34.5 Å².